The second-order valence-electron chi connectivity index (χ2n) is 35.7. The van der Waals surface area contributed by atoms with Crippen LogP contribution in [0.2, 0.25) is 0 Å². The summed E-state index contributed by atoms with van der Waals surface area (Å²) < 4.78 is 139. The number of aliphatic hydroxyl groups excluding tert-OH is 26. The molecule has 133 heavy (non-hydrogen) atoms. The van der Waals surface area contributed by atoms with Crippen molar-refractivity contribution in [1.82, 2.24) is 16.0 Å². The molecule has 3 amide bonds. The second kappa shape index (κ2) is 45.4. The Labute approximate surface area is 758 Å². The zero-order valence-corrected chi connectivity index (χ0v) is 74.0. The van der Waals surface area contributed by atoms with Crippen LogP contribution in [0.15, 0.2) is 0 Å². The molecule has 0 aromatic carbocycles. The predicted octanol–water partition coefficient (Wildman–Crippen LogP) is -17.5. The Hall–Kier alpha value is -3.55. The molecule has 12 saturated heterocycles. The number of amides is 3. The van der Waals surface area contributed by atoms with Gasteiger partial charge in [0.2, 0.25) is 17.7 Å². The second-order valence-corrected chi connectivity index (χ2v) is 35.7. The molecule has 0 bridgehead atoms. The Morgan fingerprint density at radius 2 is 0.383 bits per heavy atom. The lowest BCUT2D eigenvalue weighted by Crippen LogP contribution is -2.70. The molecular weight excluding hydrogens is 1810 g/mol. The van der Waals surface area contributed by atoms with Gasteiger partial charge in [-0.15, -0.1) is 0 Å². The van der Waals surface area contributed by atoms with Gasteiger partial charge >= 0.3 is 0 Å². The van der Waals surface area contributed by atoms with Crippen molar-refractivity contribution in [3.05, 3.63) is 0 Å². The van der Waals surface area contributed by atoms with Gasteiger partial charge in [0.05, 0.1) is 74.8 Å². The van der Waals surface area contributed by atoms with Gasteiger partial charge in [0, 0.05) is 20.8 Å². The molecule has 0 radical (unpaired) electrons. The van der Waals surface area contributed by atoms with E-state index in [0.29, 0.717) is 0 Å². The predicted molar refractivity (Wildman–Crippen MR) is 417 cm³/mol. The monoisotopic (exact) mass is 1940 g/mol. The molecule has 770 valence electrons. The molecule has 55 nitrogen and oxygen atoms in total. The van der Waals surface area contributed by atoms with Crippen LogP contribution in [-0.4, -0.2) is 539 Å². The van der Waals surface area contributed by atoms with E-state index in [1.807, 2.05) is 0 Å². The number of nitrogens with one attached hydrogen (secondary N) is 3. The first kappa shape index (κ1) is 108. The van der Waals surface area contributed by atoms with Crippen LogP contribution in [0.25, 0.3) is 0 Å². The summed E-state index contributed by atoms with van der Waals surface area (Å²) in [6.45, 7) is 11.2. The molecule has 12 aliphatic heterocycles. The minimum Gasteiger partial charge on any atom is -0.394 e. The van der Waals surface area contributed by atoms with Crippen molar-refractivity contribution in [1.29, 1.82) is 0 Å². The maximum atomic E-state index is 13.5. The van der Waals surface area contributed by atoms with Crippen molar-refractivity contribution in [2.24, 2.45) is 0 Å². The largest absolute Gasteiger partial charge is 0.394 e. The third-order valence-electron chi connectivity index (χ3n) is 26.0. The number of hydrogen-bond donors (Lipinski definition) is 29. The summed E-state index contributed by atoms with van der Waals surface area (Å²) in [6.07, 6.45) is -108. The first-order valence-electron chi connectivity index (χ1n) is 43.9. The van der Waals surface area contributed by atoms with E-state index in [-0.39, 0.29) is 0 Å². The Bertz CT molecular complexity index is 3690. The van der Waals surface area contributed by atoms with Crippen LogP contribution in [0.1, 0.15) is 83.1 Å². The zero-order valence-electron chi connectivity index (χ0n) is 74.0. The van der Waals surface area contributed by atoms with Crippen LogP contribution < -0.4 is 16.0 Å². The highest BCUT2D eigenvalue weighted by molar-refractivity contribution is 5.74. The van der Waals surface area contributed by atoms with Crippen LogP contribution >= 0.6 is 0 Å². The van der Waals surface area contributed by atoms with Gasteiger partial charge in [-0.25, -0.2) is 0 Å². The average Bonchev–Trinajstić information content (AvgIpc) is 0.753. The average molecular weight is 1940 g/mol. The van der Waals surface area contributed by atoms with Crippen LogP contribution in [0.5, 0.6) is 0 Å². The third kappa shape index (κ3) is 23.1. The van der Waals surface area contributed by atoms with Gasteiger partial charge in [0.1, 0.15) is 238 Å². The van der Waals surface area contributed by atoms with E-state index in [1.165, 1.54) is 62.3 Å². The molecule has 0 aromatic rings. The summed E-state index contributed by atoms with van der Waals surface area (Å²) in [5.74, 6) is -2.69. The van der Waals surface area contributed by atoms with Crippen LogP contribution in [0.3, 0.4) is 0 Å². The molecule has 0 unspecified atom stereocenters. The molecule has 29 N–H and O–H groups in total. The van der Waals surface area contributed by atoms with E-state index in [9.17, 15) is 147 Å². The summed E-state index contributed by atoms with van der Waals surface area (Å²) in [4.78, 5) is 39.6. The molecule has 12 rings (SSSR count). The van der Waals surface area contributed by atoms with Gasteiger partial charge in [0.15, 0.2) is 75.5 Å². The quantitative estimate of drug-likeness (QED) is 0.0346. The molecule has 12 fully saturated rings. The first-order chi connectivity index (χ1) is 62.5. The van der Waals surface area contributed by atoms with Gasteiger partial charge in [-0.3, -0.25) is 14.4 Å². The fourth-order valence-electron chi connectivity index (χ4n) is 18.0. The Balaban J connectivity index is 0.771. The van der Waals surface area contributed by atoms with Gasteiger partial charge in [-0.05, 0) is 62.3 Å². The Morgan fingerprint density at radius 3 is 0.632 bits per heavy atom. The van der Waals surface area contributed by atoms with Crippen molar-refractivity contribution < 1.29 is 256 Å². The third-order valence-corrected chi connectivity index (χ3v) is 26.0. The molecule has 0 spiro atoms. The zero-order chi connectivity index (χ0) is 97.9. The number of carbonyl (C=O) groups is 3. The number of rotatable bonds is 28. The fourth-order valence-corrected chi connectivity index (χ4v) is 18.0. The topological polar surface area (TPSA) is 826 Å². The van der Waals surface area contributed by atoms with E-state index in [0.717, 1.165) is 20.8 Å². The highest BCUT2D eigenvalue weighted by Gasteiger charge is 2.63. The highest BCUT2D eigenvalue weighted by atomic mass is 16.8. The van der Waals surface area contributed by atoms with Gasteiger partial charge < -0.3 is 258 Å². The van der Waals surface area contributed by atoms with E-state index in [4.69, 9.17) is 109 Å². The number of ether oxygens (including phenoxy) is 23. The molecular formula is C78H131N3O52. The molecule has 12 aliphatic rings. The van der Waals surface area contributed by atoms with Crippen molar-refractivity contribution in [3.8, 4) is 0 Å². The van der Waals surface area contributed by atoms with Crippen molar-refractivity contribution in [2.75, 3.05) is 19.8 Å². The van der Waals surface area contributed by atoms with Crippen molar-refractivity contribution in [3.63, 3.8) is 0 Å². The van der Waals surface area contributed by atoms with E-state index in [2.05, 4.69) is 16.0 Å². The summed E-state index contributed by atoms with van der Waals surface area (Å²) in [6, 6.07) is -5.53. The Morgan fingerprint density at radius 1 is 0.195 bits per heavy atom. The fraction of sp³-hybridized carbons (Fsp3) is 0.962. The number of hydrogen-bond acceptors (Lipinski definition) is 52. The standard InChI is InChI=1S/C78H131N3O52/c1-16-35(89)47(101)61(67(110)111-16)128-76-62(48(102)36(90)20(5)117-76)129-69-32(80-26(11)86)57(44(98)29(14-83)121-69)124-72-54(108)59(41(95)23(8)113-72)126-75-66(52(106)40(94)19(4)116-75)133-78-64(50(104)38(92)22(7)119-78)131-70-33(81-27(12)87)58(45(99)30(15-84)122-70)125-73-55(109)60(42(96)24(9)114-73)127-74-65(51(105)39(93)18(3)115-74)132-77-63(49(103)37(91)21(6)118-77)130-68-31(79-25(10)85)56(43(97)28(13-82)120-68)123-71-53(107)46(100)34(88)17(2)112-71/h16-24,28-78,82-84,88-110H,13-15H2,1-12H3,(H,79,85)(H,80,86)(H,81,87)/t16-,17-,18-,19-,20-,21-,22-,23-,24-,28+,29+,30+,31+,32+,33+,34-,35-,36-,37-,38-,39-,40-,41-,42-,43+,44+,45+,46+,47+,48+,49+,50+,51+,52+,53+,54+,55+,56+,57+,58+,59+,60+,61+,62+,63+,64+,65+,66+,67+,68-,69-,70-,71-,72-,73-,74-,75-,76-,77-,78-/m0/s1. The smallest absolute Gasteiger partial charge is 0.217 e. The summed E-state index contributed by atoms with van der Waals surface area (Å²) >= 11 is 0. The van der Waals surface area contributed by atoms with Crippen molar-refractivity contribution in [2.45, 2.75) is 451 Å². The van der Waals surface area contributed by atoms with Crippen LogP contribution in [-0.2, 0) is 123 Å². The maximum Gasteiger partial charge on any atom is 0.217 e. The van der Waals surface area contributed by atoms with E-state index in [1.54, 1.807) is 0 Å². The van der Waals surface area contributed by atoms with Crippen LogP contribution in [0, 0.1) is 0 Å². The minimum absolute atomic E-state index is 0.851. The van der Waals surface area contributed by atoms with Gasteiger partial charge in [-0.2, -0.15) is 0 Å². The minimum atomic E-state index is -2.33. The van der Waals surface area contributed by atoms with Gasteiger partial charge in [0.25, 0.3) is 0 Å². The summed E-state index contributed by atoms with van der Waals surface area (Å²) in [7, 11) is 0. The number of aliphatic hydroxyl groups is 26. The summed E-state index contributed by atoms with van der Waals surface area (Å²) in [5, 5.41) is 305. The molecule has 60 atom stereocenters. The normalized spacial score (nSPS) is 53.6. The van der Waals surface area contributed by atoms with Crippen molar-refractivity contribution >= 4 is 17.7 Å². The van der Waals surface area contributed by atoms with Crippen LogP contribution in [0.4, 0.5) is 0 Å². The van der Waals surface area contributed by atoms with E-state index < -0.39 is 406 Å². The molecule has 12 heterocycles. The lowest BCUT2D eigenvalue weighted by Gasteiger charge is -2.51. The summed E-state index contributed by atoms with van der Waals surface area (Å²) in [5.41, 5.74) is 0. The SMILES string of the molecule is CC(=O)N[C@H]1[C@H](O[C@H]2[C@H](O[C@H]3[C@H](O[C@@H]4[C@@H](O)[C@H](C)O[C@@H](O[C@H]5[C@H](O)[C@@H](CO)O[C@@H](O[C@H]6[C@H](O[C@H]7[C@H](O[C@@H]8[C@@H](O)[C@H](C)O[C@@H](O[C@H]9[C@H](O)[C@@H](CO)O[C@@H](O[C@H]%10[C@H](O[C@@H]%11[C@H](O)[C@@H](O)[C@H](C)O[C@H]%11O)O[C@@H](C)[C@H](O)[C@H]%10O)[C@@H]9NC(C)=O)[C@@H]8O)O[C@@H](C)[C@H](O)[C@H]7O)O[C@@H](C)[C@H](O)[C@H]6O)[C@@H]5NC(C)=O)[C@@H]4O)O[C@@H](C)[C@H](O)[C@H]3O)O[C@@H](C)[C@H](O)[C@H]2O)O[C@H](CO)[C@@H](O)[C@@H]1O[C@@H]1O[C@@H](C)[C@H](O)[C@@H](O)[C@H]1O. The van der Waals surface area contributed by atoms with Gasteiger partial charge in [-0.1, -0.05) is 0 Å². The maximum absolute atomic E-state index is 13.5. The lowest BCUT2D eigenvalue weighted by molar-refractivity contribution is -0.406. The molecule has 0 aromatic heterocycles. The molecule has 0 aliphatic carbocycles. The molecule has 55 heteroatoms. The highest BCUT2D eigenvalue weighted by Crippen LogP contribution is 2.43. The van der Waals surface area contributed by atoms with E-state index >= 15 is 0 Å². The first-order valence-corrected chi connectivity index (χ1v) is 43.9. The molecule has 0 saturated carbocycles. The Kier molecular flexibility index (Phi) is 36.9. The number of carbonyl (C=O) groups excluding carboxylic acids is 3. The lowest BCUT2D eigenvalue weighted by atomic mass is 9.94.